The number of hydrogen-bond acceptors (Lipinski definition) is 4. The van der Waals surface area contributed by atoms with Gasteiger partial charge in [-0.3, -0.25) is 20.4 Å². The van der Waals surface area contributed by atoms with Crippen LogP contribution in [0.25, 0.3) is 6.08 Å². The fourth-order valence-electron chi connectivity index (χ4n) is 2.07. The summed E-state index contributed by atoms with van der Waals surface area (Å²) in [5, 5.41) is 1.96. The van der Waals surface area contributed by atoms with Crippen molar-refractivity contribution in [3.05, 3.63) is 57.3 Å². The van der Waals surface area contributed by atoms with Gasteiger partial charge < -0.3 is 4.74 Å². The fraction of sp³-hybridized carbons (Fsp3) is 0.263. The Morgan fingerprint density at radius 3 is 2.56 bits per heavy atom. The molecule has 0 aliphatic heterocycles. The molecule has 0 bridgehead atoms. The summed E-state index contributed by atoms with van der Waals surface area (Å²) >= 11 is 1.55. The topological polar surface area (TPSA) is 67.4 Å². The number of thiophene rings is 1. The van der Waals surface area contributed by atoms with Crippen LogP contribution in [0.4, 0.5) is 0 Å². The second-order valence-electron chi connectivity index (χ2n) is 5.74. The van der Waals surface area contributed by atoms with Gasteiger partial charge in [0.2, 0.25) is 0 Å². The minimum atomic E-state index is -0.732. The molecule has 1 aromatic carbocycles. The Morgan fingerprint density at radius 2 is 1.88 bits per heavy atom. The summed E-state index contributed by atoms with van der Waals surface area (Å²) in [6, 6.07) is 7.66. The molecule has 6 heteroatoms. The van der Waals surface area contributed by atoms with Crippen LogP contribution in [-0.2, 0) is 9.59 Å². The Bertz CT molecular complexity index is 796. The van der Waals surface area contributed by atoms with Gasteiger partial charge in [-0.05, 0) is 68.0 Å². The van der Waals surface area contributed by atoms with Gasteiger partial charge in [0.1, 0.15) is 5.75 Å². The van der Waals surface area contributed by atoms with Crippen LogP contribution in [0.15, 0.2) is 35.7 Å². The van der Waals surface area contributed by atoms with Crippen molar-refractivity contribution in [1.82, 2.24) is 10.9 Å². The molecule has 0 fully saturated rings. The number of carbonyl (C=O) groups excluding carboxylic acids is 2. The molecule has 1 atom stereocenters. The first-order valence-electron chi connectivity index (χ1n) is 7.93. The predicted octanol–water partition coefficient (Wildman–Crippen LogP) is 3.30. The lowest BCUT2D eigenvalue weighted by atomic mass is 10.1. The summed E-state index contributed by atoms with van der Waals surface area (Å²) in [7, 11) is 0. The highest BCUT2D eigenvalue weighted by molar-refractivity contribution is 7.11. The molecule has 0 aliphatic rings. The van der Waals surface area contributed by atoms with E-state index in [1.54, 1.807) is 24.3 Å². The number of hydrogen-bond donors (Lipinski definition) is 2. The number of ether oxygens (including phenoxy) is 1. The third-order valence-corrected chi connectivity index (χ3v) is 4.81. The zero-order valence-electron chi connectivity index (χ0n) is 14.8. The summed E-state index contributed by atoms with van der Waals surface area (Å²) in [6.07, 6.45) is 2.37. The summed E-state index contributed by atoms with van der Waals surface area (Å²) in [5.74, 6) is -0.169. The lowest BCUT2D eigenvalue weighted by molar-refractivity contribution is -0.131. The molecule has 25 heavy (non-hydrogen) atoms. The zero-order chi connectivity index (χ0) is 18.4. The molecule has 0 aliphatic carbocycles. The lowest BCUT2D eigenvalue weighted by Gasteiger charge is -2.17. The molecule has 0 saturated heterocycles. The number of rotatable bonds is 5. The van der Waals surface area contributed by atoms with Crippen LogP contribution in [0, 0.1) is 20.8 Å². The van der Waals surface area contributed by atoms with Crippen LogP contribution in [0.1, 0.15) is 28.5 Å². The first kappa shape index (κ1) is 18.7. The van der Waals surface area contributed by atoms with Crippen LogP contribution in [0.3, 0.4) is 0 Å². The molecule has 0 saturated carbocycles. The molecule has 132 valence electrons. The molecule has 5 nitrogen and oxygen atoms in total. The number of amides is 2. The smallest absolute Gasteiger partial charge is 0.279 e. The second kappa shape index (κ2) is 8.48. The van der Waals surface area contributed by atoms with E-state index in [4.69, 9.17) is 4.74 Å². The Kier molecular flexibility index (Phi) is 6.36. The van der Waals surface area contributed by atoms with Crippen molar-refractivity contribution in [2.75, 3.05) is 0 Å². The third-order valence-electron chi connectivity index (χ3n) is 3.82. The standard InChI is InChI=1S/C19H22N2O3S/c1-12-6-5-7-16(14(12)3)24-15(4)19(23)21-20-18(22)9-8-17-13(2)10-11-25-17/h5-11,15H,1-4H3,(H,20,22)(H,21,23)/b9-8+/t15-/m1/s1. The average molecular weight is 358 g/mol. The Balaban J connectivity index is 1.85. The van der Waals surface area contributed by atoms with Crippen LogP contribution in [0.5, 0.6) is 5.75 Å². The highest BCUT2D eigenvalue weighted by atomic mass is 32.1. The maximum absolute atomic E-state index is 12.1. The highest BCUT2D eigenvalue weighted by Gasteiger charge is 2.16. The molecule has 0 unspecified atom stereocenters. The Morgan fingerprint density at radius 1 is 1.12 bits per heavy atom. The first-order valence-corrected chi connectivity index (χ1v) is 8.81. The monoisotopic (exact) mass is 358 g/mol. The van der Waals surface area contributed by atoms with Gasteiger partial charge >= 0.3 is 0 Å². The van der Waals surface area contributed by atoms with E-state index in [0.717, 1.165) is 21.6 Å². The van der Waals surface area contributed by atoms with Crippen LogP contribution >= 0.6 is 11.3 Å². The van der Waals surface area contributed by atoms with Gasteiger partial charge in [0, 0.05) is 11.0 Å². The van der Waals surface area contributed by atoms with E-state index in [0.29, 0.717) is 5.75 Å². The minimum Gasteiger partial charge on any atom is -0.481 e. The van der Waals surface area contributed by atoms with Gasteiger partial charge in [0.25, 0.3) is 11.8 Å². The second-order valence-corrected chi connectivity index (χ2v) is 6.69. The maximum atomic E-state index is 12.1. The van der Waals surface area contributed by atoms with E-state index < -0.39 is 17.9 Å². The van der Waals surface area contributed by atoms with Crippen molar-refractivity contribution in [2.24, 2.45) is 0 Å². The number of benzene rings is 1. The molecular weight excluding hydrogens is 336 g/mol. The minimum absolute atomic E-state index is 0.403. The maximum Gasteiger partial charge on any atom is 0.279 e. The van der Waals surface area contributed by atoms with Crippen LogP contribution < -0.4 is 15.6 Å². The van der Waals surface area contributed by atoms with Gasteiger partial charge in [-0.2, -0.15) is 0 Å². The fourth-order valence-corrected chi connectivity index (χ4v) is 2.89. The first-order chi connectivity index (χ1) is 11.9. The highest BCUT2D eigenvalue weighted by Crippen LogP contribution is 2.21. The zero-order valence-corrected chi connectivity index (χ0v) is 15.6. The summed E-state index contributed by atoms with van der Waals surface area (Å²) in [5.41, 5.74) is 7.91. The molecule has 0 radical (unpaired) electrons. The van der Waals surface area contributed by atoms with E-state index in [2.05, 4.69) is 10.9 Å². The lowest BCUT2D eigenvalue weighted by Crippen LogP contribution is -2.46. The molecule has 2 amide bonds. The van der Waals surface area contributed by atoms with E-state index >= 15 is 0 Å². The Labute approximate surface area is 151 Å². The molecule has 2 rings (SSSR count). The predicted molar refractivity (Wildman–Crippen MR) is 100 cm³/mol. The van der Waals surface area contributed by atoms with Gasteiger partial charge in [-0.1, -0.05) is 12.1 Å². The van der Waals surface area contributed by atoms with Crippen molar-refractivity contribution in [2.45, 2.75) is 33.8 Å². The molecule has 1 aromatic heterocycles. The van der Waals surface area contributed by atoms with Gasteiger partial charge in [0.15, 0.2) is 6.10 Å². The van der Waals surface area contributed by atoms with Crippen molar-refractivity contribution in [3.8, 4) is 5.75 Å². The molecular formula is C19H22N2O3S. The van der Waals surface area contributed by atoms with E-state index in [9.17, 15) is 9.59 Å². The van der Waals surface area contributed by atoms with Crippen molar-refractivity contribution in [1.29, 1.82) is 0 Å². The summed E-state index contributed by atoms with van der Waals surface area (Å²) in [6.45, 7) is 7.53. The van der Waals surface area contributed by atoms with E-state index in [-0.39, 0.29) is 0 Å². The largest absolute Gasteiger partial charge is 0.481 e. The molecule has 2 aromatic rings. The van der Waals surface area contributed by atoms with Gasteiger partial charge in [0.05, 0.1) is 0 Å². The average Bonchev–Trinajstić information content (AvgIpc) is 2.99. The molecule has 0 spiro atoms. The van der Waals surface area contributed by atoms with Crippen molar-refractivity contribution >= 4 is 29.2 Å². The number of hydrazine groups is 1. The van der Waals surface area contributed by atoms with Gasteiger partial charge in [-0.25, -0.2) is 0 Å². The molecule has 1 heterocycles. The number of aryl methyl sites for hydroxylation is 2. The van der Waals surface area contributed by atoms with E-state index in [1.165, 1.54) is 6.08 Å². The van der Waals surface area contributed by atoms with E-state index in [1.807, 2.05) is 50.4 Å². The number of carbonyl (C=O) groups is 2. The molecule has 2 N–H and O–H groups in total. The third kappa shape index (κ3) is 5.19. The van der Waals surface area contributed by atoms with Crippen LogP contribution in [0.2, 0.25) is 0 Å². The summed E-state index contributed by atoms with van der Waals surface area (Å²) < 4.78 is 5.67. The quantitative estimate of drug-likeness (QED) is 0.636. The van der Waals surface area contributed by atoms with Crippen LogP contribution in [-0.4, -0.2) is 17.9 Å². The normalized spacial score (nSPS) is 12.0. The van der Waals surface area contributed by atoms with Crippen molar-refractivity contribution in [3.63, 3.8) is 0 Å². The van der Waals surface area contributed by atoms with Crippen molar-refractivity contribution < 1.29 is 14.3 Å². The SMILES string of the molecule is Cc1ccsc1/C=C/C(=O)NNC(=O)[C@@H](C)Oc1cccc(C)c1C. The summed E-state index contributed by atoms with van der Waals surface area (Å²) in [4.78, 5) is 24.9. The number of nitrogens with one attached hydrogen (secondary N) is 2. The van der Waals surface area contributed by atoms with Gasteiger partial charge in [-0.15, -0.1) is 11.3 Å². The Hall–Kier alpha value is -2.60.